The molecule has 0 aromatic heterocycles. The van der Waals surface area contributed by atoms with Crippen LogP contribution in [0.1, 0.15) is 26.2 Å². The van der Waals surface area contributed by atoms with Gasteiger partial charge >= 0.3 is 5.97 Å². The van der Waals surface area contributed by atoms with E-state index in [1.165, 1.54) is 26.9 Å². The highest BCUT2D eigenvalue weighted by Crippen LogP contribution is 2.38. The van der Waals surface area contributed by atoms with Gasteiger partial charge in [0.1, 0.15) is 6.04 Å². The van der Waals surface area contributed by atoms with Gasteiger partial charge in [-0.15, -0.1) is 0 Å². The summed E-state index contributed by atoms with van der Waals surface area (Å²) in [5.74, 6) is 0.000505. The first-order chi connectivity index (χ1) is 9.11. The van der Waals surface area contributed by atoms with Gasteiger partial charge in [-0.05, 0) is 25.2 Å². The Balaban J connectivity index is 1.83. The molecule has 2 rings (SSSR count). The van der Waals surface area contributed by atoms with Crippen LogP contribution in [0.2, 0.25) is 0 Å². The van der Waals surface area contributed by atoms with E-state index in [0.29, 0.717) is 12.5 Å². The molecule has 108 valence electrons. The normalized spacial score (nSPS) is 27.9. The molecule has 1 aliphatic heterocycles. The van der Waals surface area contributed by atoms with Gasteiger partial charge in [0.15, 0.2) is 0 Å². The summed E-state index contributed by atoms with van der Waals surface area (Å²) in [6.07, 6.45) is 3.68. The van der Waals surface area contributed by atoms with Gasteiger partial charge in [0.05, 0.1) is 13.2 Å². The number of hydrogen-bond donors (Lipinski definition) is 2. The van der Waals surface area contributed by atoms with E-state index >= 15 is 0 Å². The van der Waals surface area contributed by atoms with Crippen LogP contribution >= 0.6 is 0 Å². The number of carbonyl (C=O) groups is 2. The van der Waals surface area contributed by atoms with Crippen LogP contribution in [0.25, 0.3) is 0 Å². The van der Waals surface area contributed by atoms with Crippen LogP contribution in [-0.2, 0) is 19.1 Å². The Hall–Kier alpha value is -1.14. The van der Waals surface area contributed by atoms with Crippen molar-refractivity contribution < 1.29 is 19.1 Å². The number of carbonyl (C=O) groups excluding carboxylic acids is 2. The van der Waals surface area contributed by atoms with E-state index in [1.807, 2.05) is 0 Å². The highest BCUT2D eigenvalue weighted by Gasteiger charge is 2.40. The second-order valence-corrected chi connectivity index (χ2v) is 5.25. The first-order valence-electron chi connectivity index (χ1n) is 6.81. The minimum absolute atomic E-state index is 0.237. The molecule has 1 aliphatic carbocycles. The molecule has 2 aliphatic rings. The monoisotopic (exact) mass is 270 g/mol. The largest absolute Gasteiger partial charge is 0.467 e. The molecule has 0 spiro atoms. The fraction of sp³-hybridized carbons (Fsp3) is 0.846. The van der Waals surface area contributed by atoms with Crippen molar-refractivity contribution in [2.75, 3.05) is 20.3 Å². The minimum Gasteiger partial charge on any atom is -0.467 e. The molecule has 1 saturated carbocycles. The van der Waals surface area contributed by atoms with Crippen LogP contribution in [0.5, 0.6) is 0 Å². The van der Waals surface area contributed by atoms with Crippen LogP contribution in [0.15, 0.2) is 0 Å². The molecule has 0 radical (unpaired) electrons. The Labute approximate surface area is 113 Å². The van der Waals surface area contributed by atoms with Gasteiger partial charge in [0.2, 0.25) is 5.91 Å². The summed E-state index contributed by atoms with van der Waals surface area (Å²) in [5.41, 5.74) is 0. The Morgan fingerprint density at radius 1 is 1.37 bits per heavy atom. The number of esters is 1. The van der Waals surface area contributed by atoms with E-state index in [-0.39, 0.29) is 18.1 Å². The molecular weight excluding hydrogens is 248 g/mol. The fourth-order valence-electron chi connectivity index (χ4n) is 2.57. The molecule has 1 saturated heterocycles. The molecule has 0 aromatic carbocycles. The first kappa shape index (κ1) is 14.3. The highest BCUT2D eigenvalue weighted by molar-refractivity contribution is 5.83. The molecule has 0 aromatic rings. The Kier molecular flexibility index (Phi) is 4.76. The Bertz CT molecular complexity index is 344. The van der Waals surface area contributed by atoms with Crippen molar-refractivity contribution in [3.63, 3.8) is 0 Å². The molecule has 19 heavy (non-hydrogen) atoms. The third-order valence-corrected chi connectivity index (χ3v) is 3.67. The van der Waals surface area contributed by atoms with Gasteiger partial charge in [-0.1, -0.05) is 0 Å². The lowest BCUT2D eigenvalue weighted by molar-refractivity contribution is -0.144. The lowest BCUT2D eigenvalue weighted by Gasteiger charge is -2.22. The quantitative estimate of drug-likeness (QED) is 0.655. The number of ether oxygens (including phenoxy) is 2. The maximum atomic E-state index is 11.6. The topological polar surface area (TPSA) is 76.7 Å². The van der Waals surface area contributed by atoms with Crippen molar-refractivity contribution in [1.82, 2.24) is 10.6 Å². The third-order valence-electron chi connectivity index (χ3n) is 3.67. The van der Waals surface area contributed by atoms with Gasteiger partial charge < -0.3 is 20.1 Å². The summed E-state index contributed by atoms with van der Waals surface area (Å²) < 4.78 is 10.4. The van der Waals surface area contributed by atoms with Gasteiger partial charge in [-0.3, -0.25) is 4.79 Å². The summed E-state index contributed by atoms with van der Waals surface area (Å²) in [7, 11) is 1.32. The highest BCUT2D eigenvalue weighted by atomic mass is 16.5. The zero-order valence-corrected chi connectivity index (χ0v) is 11.5. The second-order valence-electron chi connectivity index (χ2n) is 5.25. The molecular formula is C13H22N2O4. The summed E-state index contributed by atoms with van der Waals surface area (Å²) >= 11 is 0. The second kappa shape index (κ2) is 6.34. The molecule has 0 bridgehead atoms. The predicted molar refractivity (Wildman–Crippen MR) is 68.5 cm³/mol. The van der Waals surface area contributed by atoms with Gasteiger partial charge in [-0.25, -0.2) is 4.79 Å². The molecule has 6 nitrogen and oxygen atoms in total. The lowest BCUT2D eigenvalue weighted by Crippen LogP contribution is -2.50. The number of hydrogen-bond acceptors (Lipinski definition) is 5. The average molecular weight is 270 g/mol. The van der Waals surface area contributed by atoms with Crippen molar-refractivity contribution in [2.24, 2.45) is 5.92 Å². The van der Waals surface area contributed by atoms with E-state index in [1.54, 1.807) is 0 Å². The van der Waals surface area contributed by atoms with Gasteiger partial charge in [-0.2, -0.15) is 0 Å². The summed E-state index contributed by atoms with van der Waals surface area (Å²) in [4.78, 5) is 22.7. The van der Waals surface area contributed by atoms with Crippen LogP contribution in [0.3, 0.4) is 0 Å². The fourth-order valence-corrected chi connectivity index (χ4v) is 2.57. The summed E-state index contributed by atoms with van der Waals surface area (Å²) in [5, 5.41) is 5.93. The molecule has 1 heterocycles. The van der Waals surface area contributed by atoms with Crippen molar-refractivity contribution in [1.29, 1.82) is 0 Å². The third kappa shape index (κ3) is 3.91. The van der Waals surface area contributed by atoms with Gasteiger partial charge in [0.25, 0.3) is 0 Å². The average Bonchev–Trinajstić information content (AvgIpc) is 3.12. The zero-order chi connectivity index (χ0) is 13.8. The molecule has 2 fully saturated rings. The Morgan fingerprint density at radius 2 is 2.11 bits per heavy atom. The summed E-state index contributed by atoms with van der Waals surface area (Å²) in [6.45, 7) is 2.53. The number of rotatable bonds is 6. The number of nitrogens with one attached hydrogen (secondary N) is 2. The van der Waals surface area contributed by atoms with Crippen LogP contribution in [0.4, 0.5) is 0 Å². The lowest BCUT2D eigenvalue weighted by atomic mass is 10.1. The maximum Gasteiger partial charge on any atom is 0.329 e. The number of methoxy groups -OCH3 is 1. The van der Waals surface area contributed by atoms with Gasteiger partial charge in [0, 0.05) is 26.1 Å². The van der Waals surface area contributed by atoms with Crippen LogP contribution < -0.4 is 10.6 Å². The molecule has 1 amide bonds. The summed E-state index contributed by atoms with van der Waals surface area (Å²) in [6, 6.07) is -0.364. The smallest absolute Gasteiger partial charge is 0.329 e. The van der Waals surface area contributed by atoms with E-state index in [0.717, 1.165) is 13.0 Å². The predicted octanol–water partition coefficient (Wildman–Crippen LogP) is -0.179. The van der Waals surface area contributed by atoms with Crippen molar-refractivity contribution in [3.05, 3.63) is 0 Å². The SMILES string of the molecule is COC(=O)C(CNC1CCOC1C1CC1)NC(C)=O. The van der Waals surface area contributed by atoms with Crippen molar-refractivity contribution >= 4 is 11.9 Å². The number of amides is 1. The molecule has 3 unspecified atom stereocenters. The minimum atomic E-state index is -0.636. The maximum absolute atomic E-state index is 11.6. The van der Waals surface area contributed by atoms with Crippen molar-refractivity contribution in [3.8, 4) is 0 Å². The Morgan fingerprint density at radius 3 is 2.68 bits per heavy atom. The molecule has 6 heteroatoms. The zero-order valence-electron chi connectivity index (χ0n) is 11.5. The molecule has 3 atom stereocenters. The van der Waals surface area contributed by atoms with Crippen LogP contribution in [-0.4, -0.2) is 50.3 Å². The van der Waals surface area contributed by atoms with Crippen molar-refractivity contribution in [2.45, 2.75) is 44.4 Å². The van der Waals surface area contributed by atoms with E-state index in [9.17, 15) is 9.59 Å². The first-order valence-corrected chi connectivity index (χ1v) is 6.81. The van der Waals surface area contributed by atoms with E-state index < -0.39 is 12.0 Å². The standard InChI is InChI=1S/C13H22N2O4/c1-8(16)15-11(13(17)18-2)7-14-10-5-6-19-12(10)9-3-4-9/h9-12,14H,3-7H2,1-2H3,(H,15,16). The van der Waals surface area contributed by atoms with E-state index in [4.69, 9.17) is 9.47 Å². The van der Waals surface area contributed by atoms with Crippen LogP contribution in [0, 0.1) is 5.92 Å². The molecule has 2 N–H and O–H groups in total. The van der Waals surface area contributed by atoms with E-state index in [2.05, 4.69) is 10.6 Å².